The first-order chi connectivity index (χ1) is 8.65. The van der Waals surface area contributed by atoms with Gasteiger partial charge in [-0.05, 0) is 35.7 Å². The Morgan fingerprint density at radius 2 is 2.11 bits per heavy atom. The second kappa shape index (κ2) is 5.23. The van der Waals surface area contributed by atoms with Gasteiger partial charge in [-0.3, -0.25) is 5.10 Å². The van der Waals surface area contributed by atoms with Crippen LogP contribution in [0.3, 0.4) is 0 Å². The summed E-state index contributed by atoms with van der Waals surface area (Å²) in [5.41, 5.74) is 3.73. The molecule has 96 valence electrons. The fourth-order valence-corrected chi connectivity index (χ4v) is 1.94. The molecule has 0 bridgehead atoms. The van der Waals surface area contributed by atoms with Gasteiger partial charge in [-0.2, -0.15) is 5.10 Å². The van der Waals surface area contributed by atoms with Gasteiger partial charge < -0.3 is 9.84 Å². The van der Waals surface area contributed by atoms with Crippen molar-refractivity contribution in [2.45, 2.75) is 26.4 Å². The highest BCUT2D eigenvalue weighted by atomic mass is 16.5. The maximum atomic E-state index is 9.03. The summed E-state index contributed by atoms with van der Waals surface area (Å²) in [5, 5.41) is 16.0. The summed E-state index contributed by atoms with van der Waals surface area (Å²) in [6, 6.07) is 7.87. The number of hydrogen-bond acceptors (Lipinski definition) is 3. The van der Waals surface area contributed by atoms with E-state index in [9.17, 15) is 0 Å². The van der Waals surface area contributed by atoms with Crippen LogP contribution < -0.4 is 4.74 Å². The zero-order valence-electron chi connectivity index (χ0n) is 10.9. The van der Waals surface area contributed by atoms with E-state index >= 15 is 0 Å². The quantitative estimate of drug-likeness (QED) is 0.872. The molecule has 4 nitrogen and oxygen atoms in total. The van der Waals surface area contributed by atoms with Gasteiger partial charge in [-0.1, -0.05) is 13.8 Å². The van der Waals surface area contributed by atoms with Crippen molar-refractivity contribution in [2.75, 3.05) is 7.11 Å². The maximum Gasteiger partial charge on any atom is 0.122 e. The minimum Gasteiger partial charge on any atom is -0.496 e. The molecule has 0 saturated carbocycles. The molecule has 2 rings (SSSR count). The van der Waals surface area contributed by atoms with Gasteiger partial charge in [0.05, 0.1) is 25.1 Å². The van der Waals surface area contributed by atoms with E-state index in [2.05, 4.69) is 30.1 Å². The molecule has 0 fully saturated rings. The Morgan fingerprint density at radius 3 is 2.67 bits per heavy atom. The van der Waals surface area contributed by atoms with Gasteiger partial charge in [-0.15, -0.1) is 0 Å². The molecule has 0 aliphatic carbocycles. The van der Waals surface area contributed by atoms with Crippen LogP contribution in [0.5, 0.6) is 5.75 Å². The highest BCUT2D eigenvalue weighted by molar-refractivity contribution is 5.62. The highest BCUT2D eigenvalue weighted by Crippen LogP contribution is 2.30. The van der Waals surface area contributed by atoms with Crippen LogP contribution in [0.15, 0.2) is 24.3 Å². The van der Waals surface area contributed by atoms with Crippen LogP contribution in [0.4, 0.5) is 0 Å². The molecule has 2 N–H and O–H groups in total. The smallest absolute Gasteiger partial charge is 0.122 e. The van der Waals surface area contributed by atoms with Gasteiger partial charge in [0.2, 0.25) is 0 Å². The van der Waals surface area contributed by atoms with E-state index in [-0.39, 0.29) is 6.61 Å². The molecule has 0 aliphatic rings. The number of aliphatic hydroxyl groups is 1. The topological polar surface area (TPSA) is 58.1 Å². The lowest BCUT2D eigenvalue weighted by molar-refractivity contribution is 0.276. The Kier molecular flexibility index (Phi) is 3.67. The first-order valence-corrected chi connectivity index (χ1v) is 5.99. The molecule has 1 aromatic heterocycles. The van der Waals surface area contributed by atoms with Gasteiger partial charge in [0, 0.05) is 5.56 Å². The van der Waals surface area contributed by atoms with Crippen molar-refractivity contribution in [3.05, 3.63) is 35.5 Å². The molecule has 18 heavy (non-hydrogen) atoms. The molecular formula is C14H18N2O2. The first kappa shape index (κ1) is 12.6. The Bertz CT molecular complexity index is 532. The van der Waals surface area contributed by atoms with E-state index in [1.54, 1.807) is 7.11 Å². The Balaban J connectivity index is 2.42. The molecule has 1 aromatic carbocycles. The third-order valence-corrected chi connectivity index (χ3v) is 2.95. The van der Waals surface area contributed by atoms with Crippen LogP contribution in [0.25, 0.3) is 11.3 Å². The normalized spacial score (nSPS) is 10.9. The van der Waals surface area contributed by atoms with Gasteiger partial charge in [0.15, 0.2) is 0 Å². The Labute approximate surface area is 107 Å². The SMILES string of the molecule is COc1ccc(-c2cc(CO)[nH]n2)cc1C(C)C. The van der Waals surface area contributed by atoms with Crippen molar-refractivity contribution < 1.29 is 9.84 Å². The number of aliphatic hydroxyl groups excluding tert-OH is 1. The number of methoxy groups -OCH3 is 1. The summed E-state index contributed by atoms with van der Waals surface area (Å²) in [5.74, 6) is 1.28. The fourth-order valence-electron chi connectivity index (χ4n) is 1.94. The molecule has 4 heteroatoms. The van der Waals surface area contributed by atoms with Crippen molar-refractivity contribution in [2.24, 2.45) is 0 Å². The van der Waals surface area contributed by atoms with E-state index in [4.69, 9.17) is 9.84 Å². The summed E-state index contributed by atoms with van der Waals surface area (Å²) < 4.78 is 5.36. The van der Waals surface area contributed by atoms with E-state index in [0.717, 1.165) is 22.6 Å². The summed E-state index contributed by atoms with van der Waals surface area (Å²) in [4.78, 5) is 0. The number of nitrogens with zero attached hydrogens (tertiary/aromatic N) is 1. The molecule has 1 heterocycles. The third kappa shape index (κ3) is 2.38. The molecule has 0 unspecified atom stereocenters. The number of ether oxygens (including phenoxy) is 1. The van der Waals surface area contributed by atoms with Crippen LogP contribution in [0, 0.1) is 0 Å². The van der Waals surface area contributed by atoms with E-state index in [0.29, 0.717) is 11.6 Å². The largest absolute Gasteiger partial charge is 0.496 e. The zero-order chi connectivity index (χ0) is 13.1. The van der Waals surface area contributed by atoms with Crippen LogP contribution in [0.1, 0.15) is 31.0 Å². The van der Waals surface area contributed by atoms with E-state index in [1.165, 1.54) is 0 Å². The number of H-pyrrole nitrogens is 1. The summed E-state index contributed by atoms with van der Waals surface area (Å²) in [6.45, 7) is 4.23. The maximum absolute atomic E-state index is 9.03. The molecular weight excluding hydrogens is 228 g/mol. The van der Waals surface area contributed by atoms with Crippen molar-refractivity contribution in [3.63, 3.8) is 0 Å². The van der Waals surface area contributed by atoms with Gasteiger partial charge in [0.1, 0.15) is 5.75 Å². The second-order valence-electron chi connectivity index (χ2n) is 4.55. The Hall–Kier alpha value is -1.81. The average Bonchev–Trinajstić information content (AvgIpc) is 2.86. The molecule has 0 radical (unpaired) electrons. The average molecular weight is 246 g/mol. The van der Waals surface area contributed by atoms with Crippen molar-refractivity contribution in [1.82, 2.24) is 10.2 Å². The van der Waals surface area contributed by atoms with Gasteiger partial charge in [0.25, 0.3) is 0 Å². The number of nitrogens with one attached hydrogen (secondary N) is 1. The number of rotatable bonds is 4. The molecule has 0 amide bonds. The molecule has 0 spiro atoms. The lowest BCUT2D eigenvalue weighted by atomic mass is 9.98. The number of hydrogen-bond donors (Lipinski definition) is 2. The predicted octanol–water partition coefficient (Wildman–Crippen LogP) is 2.70. The minimum atomic E-state index is -0.0276. The Morgan fingerprint density at radius 1 is 1.33 bits per heavy atom. The summed E-state index contributed by atoms with van der Waals surface area (Å²) in [7, 11) is 1.68. The monoisotopic (exact) mass is 246 g/mol. The van der Waals surface area contributed by atoms with E-state index in [1.807, 2.05) is 18.2 Å². The molecule has 2 aromatic rings. The van der Waals surface area contributed by atoms with Crippen molar-refractivity contribution >= 4 is 0 Å². The molecule has 0 aliphatic heterocycles. The van der Waals surface area contributed by atoms with Gasteiger partial charge >= 0.3 is 0 Å². The summed E-state index contributed by atoms with van der Waals surface area (Å²) in [6.07, 6.45) is 0. The summed E-state index contributed by atoms with van der Waals surface area (Å²) >= 11 is 0. The molecule has 0 saturated heterocycles. The first-order valence-electron chi connectivity index (χ1n) is 5.99. The highest BCUT2D eigenvalue weighted by Gasteiger charge is 2.11. The molecule has 0 atom stereocenters. The fraction of sp³-hybridized carbons (Fsp3) is 0.357. The lowest BCUT2D eigenvalue weighted by Gasteiger charge is -2.12. The third-order valence-electron chi connectivity index (χ3n) is 2.95. The van der Waals surface area contributed by atoms with Crippen LogP contribution in [0.2, 0.25) is 0 Å². The zero-order valence-corrected chi connectivity index (χ0v) is 10.9. The number of aromatic nitrogens is 2. The van der Waals surface area contributed by atoms with E-state index < -0.39 is 0 Å². The second-order valence-corrected chi connectivity index (χ2v) is 4.55. The van der Waals surface area contributed by atoms with Gasteiger partial charge in [-0.25, -0.2) is 0 Å². The minimum absolute atomic E-state index is 0.0276. The lowest BCUT2D eigenvalue weighted by Crippen LogP contribution is -1.94. The number of benzene rings is 1. The van der Waals surface area contributed by atoms with Crippen molar-refractivity contribution in [3.8, 4) is 17.0 Å². The predicted molar refractivity (Wildman–Crippen MR) is 70.6 cm³/mol. The van der Waals surface area contributed by atoms with Crippen molar-refractivity contribution in [1.29, 1.82) is 0 Å². The van der Waals surface area contributed by atoms with Crippen LogP contribution in [-0.2, 0) is 6.61 Å². The number of aromatic amines is 1. The van der Waals surface area contributed by atoms with Crippen LogP contribution in [-0.4, -0.2) is 22.4 Å². The standard InChI is InChI=1S/C14H18N2O2/c1-9(2)12-6-10(4-5-14(12)18-3)13-7-11(8-17)15-16-13/h4-7,9,17H,8H2,1-3H3,(H,15,16). The van der Waals surface area contributed by atoms with Crippen LogP contribution >= 0.6 is 0 Å².